The summed E-state index contributed by atoms with van der Waals surface area (Å²) in [4.78, 5) is 11.5. The fraction of sp³-hybridized carbons (Fsp3) is 0.0909. The van der Waals surface area contributed by atoms with Crippen LogP contribution >= 0.6 is 23.2 Å². The van der Waals surface area contributed by atoms with Crippen molar-refractivity contribution in [2.24, 2.45) is 0 Å². The minimum atomic E-state index is -0.217. The number of hydrogen-bond acceptors (Lipinski definition) is 3. The summed E-state index contributed by atoms with van der Waals surface area (Å²) in [6, 6.07) is 8.00. The molecule has 17 heavy (non-hydrogen) atoms. The highest BCUT2D eigenvalue weighted by atomic mass is 35.5. The van der Waals surface area contributed by atoms with Crippen molar-refractivity contribution in [1.29, 1.82) is 0 Å². The van der Waals surface area contributed by atoms with E-state index in [-0.39, 0.29) is 5.56 Å². The molecule has 6 heteroatoms. The maximum atomic E-state index is 11.5. The summed E-state index contributed by atoms with van der Waals surface area (Å²) in [7, 11) is 0. The van der Waals surface area contributed by atoms with Gasteiger partial charge in [-0.25, -0.2) is 4.68 Å². The summed E-state index contributed by atoms with van der Waals surface area (Å²) in [6.07, 6.45) is 0. The van der Waals surface area contributed by atoms with E-state index in [0.29, 0.717) is 22.4 Å². The smallest absolute Gasteiger partial charge is 0.267 e. The number of hydrogen-bond donors (Lipinski definition) is 1. The molecule has 0 saturated carbocycles. The van der Waals surface area contributed by atoms with Gasteiger partial charge in [-0.3, -0.25) is 4.79 Å². The van der Waals surface area contributed by atoms with Crippen molar-refractivity contribution in [1.82, 2.24) is 9.78 Å². The van der Waals surface area contributed by atoms with Crippen molar-refractivity contribution in [2.75, 3.05) is 5.73 Å². The van der Waals surface area contributed by atoms with Gasteiger partial charge >= 0.3 is 0 Å². The third kappa shape index (κ3) is 2.78. The van der Waals surface area contributed by atoms with Gasteiger partial charge in [-0.2, -0.15) is 5.10 Å². The van der Waals surface area contributed by atoms with Gasteiger partial charge in [0.25, 0.3) is 5.56 Å². The van der Waals surface area contributed by atoms with Gasteiger partial charge in [0.05, 0.1) is 16.6 Å². The maximum absolute atomic E-state index is 11.5. The van der Waals surface area contributed by atoms with Gasteiger partial charge in [0.1, 0.15) is 5.82 Å². The highest BCUT2D eigenvalue weighted by molar-refractivity contribution is 6.42. The van der Waals surface area contributed by atoms with Crippen molar-refractivity contribution in [3.05, 3.63) is 56.3 Å². The topological polar surface area (TPSA) is 60.9 Å². The molecule has 1 heterocycles. The molecule has 0 fully saturated rings. The zero-order valence-corrected chi connectivity index (χ0v) is 10.2. The predicted octanol–water partition coefficient (Wildman–Crippen LogP) is 2.18. The van der Waals surface area contributed by atoms with E-state index in [1.807, 2.05) is 0 Å². The standard InChI is InChI=1S/C11H9Cl2N3O/c12-8-2-1-7(5-9(8)13)6-16-11(17)4-3-10(14)15-16/h1-5H,6H2,(H2,14,15). The molecule has 0 radical (unpaired) electrons. The molecule has 0 atom stereocenters. The number of nitrogens with two attached hydrogens (primary N) is 1. The molecule has 0 unspecified atom stereocenters. The molecule has 2 rings (SSSR count). The Kier molecular flexibility index (Phi) is 3.36. The molecule has 0 bridgehead atoms. The van der Waals surface area contributed by atoms with Gasteiger partial charge in [-0.1, -0.05) is 29.3 Å². The summed E-state index contributed by atoms with van der Waals surface area (Å²) >= 11 is 11.7. The summed E-state index contributed by atoms with van der Waals surface area (Å²) in [6.45, 7) is 0.306. The van der Waals surface area contributed by atoms with Crippen molar-refractivity contribution < 1.29 is 0 Å². The molecule has 0 aliphatic heterocycles. The van der Waals surface area contributed by atoms with Crippen LogP contribution in [0.15, 0.2) is 35.1 Å². The Labute approximate surface area is 108 Å². The first-order valence-corrected chi connectivity index (χ1v) is 5.59. The molecule has 2 N–H and O–H groups in total. The van der Waals surface area contributed by atoms with Crippen LogP contribution in [-0.2, 0) is 6.54 Å². The normalized spacial score (nSPS) is 10.5. The molecular formula is C11H9Cl2N3O. The highest BCUT2D eigenvalue weighted by Gasteiger charge is 2.03. The van der Waals surface area contributed by atoms with E-state index in [1.165, 1.54) is 16.8 Å². The lowest BCUT2D eigenvalue weighted by molar-refractivity contribution is 0.644. The molecule has 4 nitrogen and oxygen atoms in total. The van der Waals surface area contributed by atoms with Crippen LogP contribution in [0.5, 0.6) is 0 Å². The highest BCUT2D eigenvalue weighted by Crippen LogP contribution is 2.22. The van der Waals surface area contributed by atoms with Crippen molar-refractivity contribution in [3.8, 4) is 0 Å². The fourth-order valence-electron chi connectivity index (χ4n) is 1.39. The molecule has 0 aliphatic rings. The number of rotatable bonds is 2. The average molecular weight is 270 g/mol. The molecule has 2 aromatic rings. The van der Waals surface area contributed by atoms with E-state index in [0.717, 1.165) is 5.56 Å². The number of nitrogens with zero attached hydrogens (tertiary/aromatic N) is 2. The predicted molar refractivity (Wildman–Crippen MR) is 68.5 cm³/mol. The van der Waals surface area contributed by atoms with E-state index in [4.69, 9.17) is 28.9 Å². The minimum absolute atomic E-state index is 0.217. The maximum Gasteiger partial charge on any atom is 0.267 e. The van der Waals surface area contributed by atoms with E-state index in [2.05, 4.69) is 5.10 Å². The average Bonchev–Trinajstić information content (AvgIpc) is 2.29. The van der Waals surface area contributed by atoms with Crippen molar-refractivity contribution in [3.63, 3.8) is 0 Å². The van der Waals surface area contributed by atoms with E-state index in [1.54, 1.807) is 18.2 Å². The second kappa shape index (κ2) is 4.77. The molecule has 0 spiro atoms. The molecule has 0 aliphatic carbocycles. The van der Waals surface area contributed by atoms with Gasteiger partial charge in [-0.15, -0.1) is 0 Å². The molecule has 88 valence electrons. The zero-order valence-electron chi connectivity index (χ0n) is 8.73. The number of halogens is 2. The van der Waals surface area contributed by atoms with Crippen LogP contribution in [0.4, 0.5) is 5.82 Å². The number of benzene rings is 1. The van der Waals surface area contributed by atoms with Crippen molar-refractivity contribution >= 4 is 29.0 Å². The van der Waals surface area contributed by atoms with Crippen LogP contribution < -0.4 is 11.3 Å². The van der Waals surface area contributed by atoms with Crippen LogP contribution in [-0.4, -0.2) is 9.78 Å². The minimum Gasteiger partial charge on any atom is -0.382 e. The zero-order chi connectivity index (χ0) is 12.4. The first kappa shape index (κ1) is 12.0. The van der Waals surface area contributed by atoms with Crippen LogP contribution in [0.2, 0.25) is 10.0 Å². The molecule has 0 saturated heterocycles. The summed E-state index contributed by atoms with van der Waals surface area (Å²) in [5.41, 5.74) is 6.13. The van der Waals surface area contributed by atoms with Gasteiger partial charge in [0, 0.05) is 6.07 Å². The first-order chi connectivity index (χ1) is 8.06. The van der Waals surface area contributed by atoms with Gasteiger partial charge < -0.3 is 5.73 Å². The lowest BCUT2D eigenvalue weighted by atomic mass is 10.2. The van der Waals surface area contributed by atoms with Crippen LogP contribution in [0.1, 0.15) is 5.56 Å². The molecule has 0 amide bonds. The lowest BCUT2D eigenvalue weighted by Gasteiger charge is -2.06. The van der Waals surface area contributed by atoms with Gasteiger partial charge in [0.15, 0.2) is 0 Å². The van der Waals surface area contributed by atoms with Crippen molar-refractivity contribution in [2.45, 2.75) is 6.54 Å². The summed E-state index contributed by atoms with van der Waals surface area (Å²) in [5, 5.41) is 4.85. The first-order valence-electron chi connectivity index (χ1n) is 4.84. The Morgan fingerprint density at radius 2 is 1.94 bits per heavy atom. The van der Waals surface area contributed by atoms with Crippen LogP contribution in [0.3, 0.4) is 0 Å². The Bertz CT molecular complexity index is 610. The third-order valence-electron chi connectivity index (χ3n) is 2.20. The SMILES string of the molecule is Nc1ccc(=O)n(Cc2ccc(Cl)c(Cl)c2)n1. The Balaban J connectivity index is 2.34. The van der Waals surface area contributed by atoms with Crippen LogP contribution in [0, 0.1) is 0 Å². The number of anilines is 1. The lowest BCUT2D eigenvalue weighted by Crippen LogP contribution is -2.23. The molecular weight excluding hydrogens is 261 g/mol. The third-order valence-corrected chi connectivity index (χ3v) is 2.94. The number of nitrogen functional groups attached to an aromatic ring is 1. The largest absolute Gasteiger partial charge is 0.382 e. The monoisotopic (exact) mass is 269 g/mol. The van der Waals surface area contributed by atoms with E-state index < -0.39 is 0 Å². The molecule has 1 aromatic heterocycles. The summed E-state index contributed by atoms with van der Waals surface area (Å²) < 4.78 is 1.27. The second-order valence-corrected chi connectivity index (χ2v) is 4.32. The van der Waals surface area contributed by atoms with E-state index >= 15 is 0 Å². The Morgan fingerprint density at radius 1 is 1.18 bits per heavy atom. The van der Waals surface area contributed by atoms with E-state index in [9.17, 15) is 4.79 Å². The Morgan fingerprint density at radius 3 is 2.65 bits per heavy atom. The number of aromatic nitrogens is 2. The fourth-order valence-corrected chi connectivity index (χ4v) is 1.71. The summed E-state index contributed by atoms with van der Waals surface area (Å²) in [5.74, 6) is 0.296. The van der Waals surface area contributed by atoms with Gasteiger partial charge in [-0.05, 0) is 23.8 Å². The van der Waals surface area contributed by atoms with Crippen LogP contribution in [0.25, 0.3) is 0 Å². The Hall–Kier alpha value is -1.52. The molecule has 1 aromatic carbocycles. The quantitative estimate of drug-likeness (QED) is 0.909. The second-order valence-electron chi connectivity index (χ2n) is 3.50. The van der Waals surface area contributed by atoms with Gasteiger partial charge in [0.2, 0.25) is 0 Å².